The maximum atomic E-state index is 12.0. The number of allylic oxidation sites excluding steroid dienone is 5. The Morgan fingerprint density at radius 2 is 0.635 bits per heavy atom. The number of esters is 1. The molecule has 0 saturated carbocycles. The second-order valence-electron chi connectivity index (χ2n) is 16.6. The molecule has 1 aliphatic rings. The molecule has 0 N–H and O–H groups in total. The minimum atomic E-state index is 0.0218. The van der Waals surface area contributed by atoms with Gasteiger partial charge in [-0.15, -0.1) is 0 Å². The van der Waals surface area contributed by atoms with Crippen molar-refractivity contribution in [1.29, 1.82) is 0 Å². The summed E-state index contributed by atoms with van der Waals surface area (Å²) in [5, 5.41) is 0. The van der Waals surface area contributed by atoms with E-state index in [1.165, 1.54) is 244 Å². The van der Waals surface area contributed by atoms with E-state index in [1.54, 1.807) is 0 Å². The number of carbonyl (C=O) groups excluding carboxylic acids is 1. The lowest BCUT2D eigenvalue weighted by molar-refractivity contribution is -0.157. The molecule has 0 radical (unpaired) electrons. The Labute approximate surface area is 327 Å². The van der Waals surface area contributed by atoms with Crippen LogP contribution in [0.25, 0.3) is 0 Å². The van der Waals surface area contributed by atoms with E-state index in [0.29, 0.717) is 0 Å². The van der Waals surface area contributed by atoms with Crippen LogP contribution in [0.5, 0.6) is 0 Å². The quantitative estimate of drug-likeness (QED) is 0.0356. The van der Waals surface area contributed by atoms with Crippen LogP contribution in [0, 0.1) is 5.92 Å². The Morgan fingerprint density at radius 3 is 0.942 bits per heavy atom. The first kappa shape index (κ1) is 48.7. The van der Waals surface area contributed by atoms with Crippen LogP contribution in [0.4, 0.5) is 0 Å². The maximum absolute atomic E-state index is 12.0. The highest BCUT2D eigenvalue weighted by Gasteiger charge is 2.36. The van der Waals surface area contributed by atoms with Gasteiger partial charge in [0.1, 0.15) is 11.7 Å². The van der Waals surface area contributed by atoms with Crippen molar-refractivity contribution in [2.24, 2.45) is 5.92 Å². The van der Waals surface area contributed by atoms with Crippen molar-refractivity contribution in [1.82, 2.24) is 0 Å². The molecular formula is C50H92O2. The summed E-state index contributed by atoms with van der Waals surface area (Å²) in [5.41, 5.74) is 0. The van der Waals surface area contributed by atoms with Gasteiger partial charge in [0, 0.05) is 0 Å². The molecule has 1 fully saturated rings. The predicted octanol–water partition coefficient (Wildman–Crippen LogP) is 17.8. The Hall–Kier alpha value is -1.31. The average molecular weight is 725 g/mol. The molecule has 0 bridgehead atoms. The summed E-state index contributed by atoms with van der Waals surface area (Å²) in [7, 11) is 0. The number of rotatable bonds is 42. The van der Waals surface area contributed by atoms with Crippen molar-refractivity contribution in [2.45, 2.75) is 271 Å². The van der Waals surface area contributed by atoms with E-state index in [1.807, 2.05) is 0 Å². The minimum absolute atomic E-state index is 0.0218. The molecule has 1 aliphatic heterocycles. The standard InChI is InChI=1S/C50H92O2/c1-3-5-7-9-11-13-15-17-19-21-23-25-27-29-31-33-35-37-39-41-43-45-47-49-48(50(51)52-49)46-44-42-40-38-36-34-32-30-28-26-24-22-20-18-16-14-12-10-8-6-4-2/h9-12,47-48H,3-8,13-46H2,1-2H3/b11-9+,12-10+,49-47+. The largest absolute Gasteiger partial charge is 0.430 e. The van der Waals surface area contributed by atoms with Crippen LogP contribution < -0.4 is 0 Å². The molecule has 2 heteroatoms. The lowest BCUT2D eigenvalue weighted by Gasteiger charge is -2.28. The van der Waals surface area contributed by atoms with Gasteiger partial charge < -0.3 is 4.74 Å². The molecule has 0 amide bonds. The summed E-state index contributed by atoms with van der Waals surface area (Å²) in [5.74, 6) is 1.08. The van der Waals surface area contributed by atoms with Crippen LogP contribution in [0.2, 0.25) is 0 Å². The molecule has 304 valence electrons. The van der Waals surface area contributed by atoms with Crippen molar-refractivity contribution in [3.05, 3.63) is 36.1 Å². The van der Waals surface area contributed by atoms with Gasteiger partial charge in [-0.05, 0) is 63.9 Å². The normalized spacial score (nSPS) is 15.4. The van der Waals surface area contributed by atoms with Crippen LogP contribution in [-0.2, 0) is 9.53 Å². The Morgan fingerprint density at radius 1 is 0.365 bits per heavy atom. The fraction of sp³-hybridized carbons (Fsp3) is 0.860. The molecule has 0 aromatic rings. The summed E-state index contributed by atoms with van der Waals surface area (Å²) < 4.78 is 5.41. The van der Waals surface area contributed by atoms with E-state index < -0.39 is 0 Å². The fourth-order valence-electron chi connectivity index (χ4n) is 7.73. The predicted molar refractivity (Wildman–Crippen MR) is 232 cm³/mol. The zero-order chi connectivity index (χ0) is 37.3. The molecule has 52 heavy (non-hydrogen) atoms. The zero-order valence-electron chi connectivity index (χ0n) is 35.6. The summed E-state index contributed by atoms with van der Waals surface area (Å²) in [4.78, 5) is 12.0. The van der Waals surface area contributed by atoms with Gasteiger partial charge >= 0.3 is 5.97 Å². The van der Waals surface area contributed by atoms with Crippen LogP contribution in [0.15, 0.2) is 36.1 Å². The van der Waals surface area contributed by atoms with Crippen molar-refractivity contribution in [3.8, 4) is 0 Å². The van der Waals surface area contributed by atoms with Crippen LogP contribution in [0.3, 0.4) is 0 Å². The number of cyclic esters (lactones) is 1. The molecule has 1 saturated heterocycles. The van der Waals surface area contributed by atoms with E-state index in [0.717, 1.165) is 18.6 Å². The summed E-state index contributed by atoms with van der Waals surface area (Å²) in [6.07, 6.45) is 66.1. The third-order valence-corrected chi connectivity index (χ3v) is 11.4. The Kier molecular flexibility index (Phi) is 38.3. The van der Waals surface area contributed by atoms with Gasteiger partial charge in [-0.25, -0.2) is 0 Å². The number of hydrogen-bond acceptors (Lipinski definition) is 2. The number of unbranched alkanes of at least 4 members (excludes halogenated alkanes) is 35. The first-order chi connectivity index (χ1) is 25.8. The van der Waals surface area contributed by atoms with Gasteiger partial charge in [-0.1, -0.05) is 237 Å². The lowest BCUT2D eigenvalue weighted by atomic mass is 9.93. The fourth-order valence-corrected chi connectivity index (χ4v) is 7.73. The maximum Gasteiger partial charge on any atom is 0.321 e. The molecule has 0 aromatic heterocycles. The van der Waals surface area contributed by atoms with Gasteiger partial charge in [0.2, 0.25) is 0 Å². The van der Waals surface area contributed by atoms with Crippen molar-refractivity contribution in [2.75, 3.05) is 0 Å². The van der Waals surface area contributed by atoms with Gasteiger partial charge in [-0.2, -0.15) is 0 Å². The van der Waals surface area contributed by atoms with E-state index in [2.05, 4.69) is 44.2 Å². The van der Waals surface area contributed by atoms with Gasteiger partial charge in [-0.3, -0.25) is 4.79 Å². The molecule has 1 heterocycles. The lowest BCUT2D eigenvalue weighted by Crippen LogP contribution is -2.32. The number of ether oxygens (including phenoxy) is 1. The molecule has 1 unspecified atom stereocenters. The monoisotopic (exact) mass is 725 g/mol. The van der Waals surface area contributed by atoms with Crippen LogP contribution >= 0.6 is 0 Å². The summed E-state index contributed by atoms with van der Waals surface area (Å²) in [6, 6.07) is 0. The van der Waals surface area contributed by atoms with E-state index in [-0.39, 0.29) is 11.9 Å². The second-order valence-corrected chi connectivity index (χ2v) is 16.6. The molecule has 0 aromatic carbocycles. The SMILES string of the molecule is CCCC/C=C/CCCCCCCCCCCCCCCCC/C=C1/OC(=O)C1CCCCCCCCCCCCCCCCC/C=C/CCCC. The highest BCUT2D eigenvalue weighted by molar-refractivity contribution is 5.82. The Balaban J connectivity index is 1.79. The van der Waals surface area contributed by atoms with E-state index >= 15 is 0 Å². The van der Waals surface area contributed by atoms with Gasteiger partial charge in [0.05, 0.1) is 0 Å². The van der Waals surface area contributed by atoms with Crippen molar-refractivity contribution < 1.29 is 9.53 Å². The summed E-state index contributed by atoms with van der Waals surface area (Å²) >= 11 is 0. The minimum Gasteiger partial charge on any atom is -0.430 e. The van der Waals surface area contributed by atoms with Crippen molar-refractivity contribution in [3.63, 3.8) is 0 Å². The third-order valence-electron chi connectivity index (χ3n) is 11.4. The van der Waals surface area contributed by atoms with E-state index in [9.17, 15) is 4.79 Å². The van der Waals surface area contributed by atoms with Gasteiger partial charge in [0.15, 0.2) is 0 Å². The molecular weight excluding hydrogens is 633 g/mol. The first-order valence-electron chi connectivity index (χ1n) is 24.0. The van der Waals surface area contributed by atoms with Crippen LogP contribution in [-0.4, -0.2) is 5.97 Å². The smallest absolute Gasteiger partial charge is 0.321 e. The average Bonchev–Trinajstić information content (AvgIpc) is 3.15. The second kappa shape index (κ2) is 40.9. The van der Waals surface area contributed by atoms with Gasteiger partial charge in [0.25, 0.3) is 0 Å². The third kappa shape index (κ3) is 33.3. The molecule has 1 rings (SSSR count). The number of hydrogen-bond donors (Lipinski definition) is 0. The number of carbonyl (C=O) groups is 1. The topological polar surface area (TPSA) is 26.3 Å². The molecule has 0 aliphatic carbocycles. The van der Waals surface area contributed by atoms with Crippen LogP contribution in [0.1, 0.15) is 271 Å². The van der Waals surface area contributed by atoms with E-state index in [4.69, 9.17) is 4.74 Å². The Bertz CT molecular complexity index is 822. The highest BCUT2D eigenvalue weighted by Crippen LogP contribution is 2.32. The highest BCUT2D eigenvalue weighted by atomic mass is 16.6. The summed E-state index contributed by atoms with van der Waals surface area (Å²) in [6.45, 7) is 4.54. The molecule has 0 spiro atoms. The molecule has 2 nitrogen and oxygen atoms in total. The molecule has 1 atom stereocenters. The zero-order valence-corrected chi connectivity index (χ0v) is 35.6. The van der Waals surface area contributed by atoms with Crippen molar-refractivity contribution >= 4 is 5.97 Å². The first-order valence-corrected chi connectivity index (χ1v) is 24.0.